The lowest BCUT2D eigenvalue weighted by Gasteiger charge is -2.36. The van der Waals surface area contributed by atoms with Gasteiger partial charge in [-0.25, -0.2) is 0 Å². The van der Waals surface area contributed by atoms with Crippen LogP contribution in [0.15, 0.2) is 0 Å². The standard InChI is InChI=1S/C11H21NO2/c1-9(2)8-10(13)12-6-4-11(3,14)5-7-12/h9,14H,4-8H2,1-3H3. The van der Waals surface area contributed by atoms with Crippen LogP contribution >= 0.6 is 0 Å². The Morgan fingerprint density at radius 2 is 1.93 bits per heavy atom. The van der Waals surface area contributed by atoms with E-state index in [4.69, 9.17) is 0 Å². The minimum atomic E-state index is -0.561. The molecule has 1 heterocycles. The number of piperidine rings is 1. The number of carbonyl (C=O) groups is 1. The van der Waals surface area contributed by atoms with Crippen LogP contribution in [0.3, 0.4) is 0 Å². The molecule has 1 aliphatic heterocycles. The van der Waals surface area contributed by atoms with Crippen LogP contribution in [0.1, 0.15) is 40.0 Å². The van der Waals surface area contributed by atoms with E-state index < -0.39 is 5.60 Å². The predicted octanol–water partition coefficient (Wildman–Crippen LogP) is 1.41. The van der Waals surface area contributed by atoms with Crippen molar-refractivity contribution in [2.24, 2.45) is 5.92 Å². The van der Waals surface area contributed by atoms with Crippen LogP contribution in [0.25, 0.3) is 0 Å². The number of hydrogen-bond donors (Lipinski definition) is 1. The number of carbonyl (C=O) groups excluding carboxylic acids is 1. The normalized spacial score (nSPS) is 21.4. The molecule has 0 aliphatic carbocycles. The zero-order valence-electron chi connectivity index (χ0n) is 9.42. The number of rotatable bonds is 2. The average Bonchev–Trinajstić information content (AvgIpc) is 2.02. The van der Waals surface area contributed by atoms with Gasteiger partial charge in [0.25, 0.3) is 0 Å². The van der Waals surface area contributed by atoms with Crippen molar-refractivity contribution in [1.82, 2.24) is 4.90 Å². The highest BCUT2D eigenvalue weighted by Gasteiger charge is 2.29. The molecule has 0 aromatic heterocycles. The zero-order chi connectivity index (χ0) is 10.8. The summed E-state index contributed by atoms with van der Waals surface area (Å²) in [7, 11) is 0. The van der Waals surface area contributed by atoms with E-state index in [0.717, 1.165) is 0 Å². The van der Waals surface area contributed by atoms with Gasteiger partial charge < -0.3 is 10.0 Å². The van der Waals surface area contributed by atoms with E-state index >= 15 is 0 Å². The smallest absolute Gasteiger partial charge is 0.222 e. The molecule has 14 heavy (non-hydrogen) atoms. The van der Waals surface area contributed by atoms with E-state index in [9.17, 15) is 9.90 Å². The molecule has 1 amide bonds. The fourth-order valence-corrected chi connectivity index (χ4v) is 1.72. The van der Waals surface area contributed by atoms with Crippen LogP contribution in [0, 0.1) is 5.92 Å². The Morgan fingerprint density at radius 3 is 2.36 bits per heavy atom. The Hall–Kier alpha value is -0.570. The van der Waals surface area contributed by atoms with Crippen molar-refractivity contribution in [2.75, 3.05) is 13.1 Å². The molecule has 3 heteroatoms. The molecule has 0 aromatic rings. The monoisotopic (exact) mass is 199 g/mol. The lowest BCUT2D eigenvalue weighted by Crippen LogP contribution is -2.45. The van der Waals surface area contributed by atoms with Gasteiger partial charge in [0.05, 0.1) is 5.60 Å². The molecular weight excluding hydrogens is 178 g/mol. The highest BCUT2D eigenvalue weighted by molar-refractivity contribution is 5.76. The van der Waals surface area contributed by atoms with Crippen LogP contribution in [0.2, 0.25) is 0 Å². The van der Waals surface area contributed by atoms with Gasteiger partial charge in [-0.1, -0.05) is 13.8 Å². The van der Waals surface area contributed by atoms with Crippen molar-refractivity contribution in [1.29, 1.82) is 0 Å². The lowest BCUT2D eigenvalue weighted by molar-refractivity contribution is -0.135. The Bertz CT molecular complexity index is 201. The van der Waals surface area contributed by atoms with Crippen LogP contribution < -0.4 is 0 Å². The van der Waals surface area contributed by atoms with E-state index in [1.165, 1.54) is 0 Å². The van der Waals surface area contributed by atoms with Crippen LogP contribution in [0.4, 0.5) is 0 Å². The number of amides is 1. The predicted molar refractivity (Wildman–Crippen MR) is 55.9 cm³/mol. The van der Waals surface area contributed by atoms with Gasteiger partial charge in [0.2, 0.25) is 5.91 Å². The van der Waals surface area contributed by atoms with Crippen LogP contribution in [-0.4, -0.2) is 34.6 Å². The molecular formula is C11H21NO2. The highest BCUT2D eigenvalue weighted by Crippen LogP contribution is 2.21. The highest BCUT2D eigenvalue weighted by atomic mass is 16.3. The summed E-state index contributed by atoms with van der Waals surface area (Å²) in [6.07, 6.45) is 2.04. The maximum Gasteiger partial charge on any atom is 0.222 e. The van der Waals surface area contributed by atoms with Crippen LogP contribution in [0.5, 0.6) is 0 Å². The van der Waals surface area contributed by atoms with Gasteiger partial charge in [0.1, 0.15) is 0 Å². The third kappa shape index (κ3) is 3.29. The first-order valence-electron chi connectivity index (χ1n) is 5.41. The summed E-state index contributed by atoms with van der Waals surface area (Å²) < 4.78 is 0. The van der Waals surface area contributed by atoms with E-state index in [0.29, 0.717) is 38.3 Å². The Balaban J connectivity index is 2.38. The molecule has 0 saturated carbocycles. The molecule has 1 rings (SSSR count). The molecule has 0 spiro atoms. The van der Waals surface area contributed by atoms with Gasteiger partial charge in [-0.05, 0) is 25.7 Å². The third-order valence-corrected chi connectivity index (χ3v) is 2.78. The SMILES string of the molecule is CC(C)CC(=O)N1CCC(C)(O)CC1. The summed E-state index contributed by atoms with van der Waals surface area (Å²) in [5.41, 5.74) is -0.561. The van der Waals surface area contributed by atoms with Gasteiger partial charge in [0.15, 0.2) is 0 Å². The minimum Gasteiger partial charge on any atom is -0.390 e. The van der Waals surface area contributed by atoms with Gasteiger partial charge >= 0.3 is 0 Å². The molecule has 82 valence electrons. The maximum atomic E-state index is 11.7. The minimum absolute atomic E-state index is 0.232. The summed E-state index contributed by atoms with van der Waals surface area (Å²) in [5.74, 6) is 0.653. The summed E-state index contributed by atoms with van der Waals surface area (Å²) in [5, 5.41) is 9.72. The molecule has 0 radical (unpaired) electrons. The van der Waals surface area contributed by atoms with E-state index in [-0.39, 0.29) is 5.91 Å². The van der Waals surface area contributed by atoms with Crippen molar-refractivity contribution in [3.05, 3.63) is 0 Å². The van der Waals surface area contributed by atoms with Gasteiger partial charge in [-0.15, -0.1) is 0 Å². The Kier molecular flexibility index (Phi) is 3.53. The first-order valence-corrected chi connectivity index (χ1v) is 5.41. The van der Waals surface area contributed by atoms with Crippen molar-refractivity contribution in [3.8, 4) is 0 Å². The quantitative estimate of drug-likeness (QED) is 0.730. The van der Waals surface area contributed by atoms with E-state index in [1.54, 1.807) is 0 Å². The summed E-state index contributed by atoms with van der Waals surface area (Å²) >= 11 is 0. The molecule has 1 aliphatic rings. The van der Waals surface area contributed by atoms with Crippen molar-refractivity contribution in [3.63, 3.8) is 0 Å². The summed E-state index contributed by atoms with van der Waals surface area (Å²) in [4.78, 5) is 13.5. The van der Waals surface area contributed by atoms with E-state index in [1.807, 2.05) is 11.8 Å². The molecule has 0 atom stereocenters. The number of likely N-dealkylation sites (tertiary alicyclic amines) is 1. The molecule has 1 N–H and O–H groups in total. The molecule has 3 nitrogen and oxygen atoms in total. The van der Waals surface area contributed by atoms with Gasteiger partial charge in [-0.3, -0.25) is 4.79 Å². The lowest BCUT2D eigenvalue weighted by atomic mass is 9.93. The zero-order valence-corrected chi connectivity index (χ0v) is 9.42. The maximum absolute atomic E-state index is 11.7. The molecule has 1 saturated heterocycles. The summed E-state index contributed by atoms with van der Waals surface area (Å²) in [6, 6.07) is 0. The molecule has 1 fully saturated rings. The van der Waals surface area contributed by atoms with Crippen molar-refractivity contribution in [2.45, 2.75) is 45.6 Å². The van der Waals surface area contributed by atoms with Crippen molar-refractivity contribution < 1.29 is 9.90 Å². The number of nitrogens with zero attached hydrogens (tertiary/aromatic N) is 1. The molecule has 0 unspecified atom stereocenters. The fraction of sp³-hybridized carbons (Fsp3) is 0.909. The first kappa shape index (κ1) is 11.5. The topological polar surface area (TPSA) is 40.5 Å². The van der Waals surface area contributed by atoms with Gasteiger partial charge in [-0.2, -0.15) is 0 Å². The summed E-state index contributed by atoms with van der Waals surface area (Å²) in [6.45, 7) is 7.37. The number of hydrogen-bond acceptors (Lipinski definition) is 2. The van der Waals surface area contributed by atoms with Crippen LogP contribution in [-0.2, 0) is 4.79 Å². The molecule has 0 aromatic carbocycles. The second-order valence-electron chi connectivity index (χ2n) is 4.98. The third-order valence-electron chi connectivity index (χ3n) is 2.78. The van der Waals surface area contributed by atoms with Gasteiger partial charge in [0, 0.05) is 19.5 Å². The Morgan fingerprint density at radius 1 is 1.43 bits per heavy atom. The fourth-order valence-electron chi connectivity index (χ4n) is 1.72. The Labute approximate surface area is 86.1 Å². The second-order valence-corrected chi connectivity index (χ2v) is 4.98. The number of aliphatic hydroxyl groups is 1. The second kappa shape index (κ2) is 4.30. The molecule has 0 bridgehead atoms. The van der Waals surface area contributed by atoms with Crippen molar-refractivity contribution >= 4 is 5.91 Å². The van der Waals surface area contributed by atoms with E-state index in [2.05, 4.69) is 13.8 Å². The average molecular weight is 199 g/mol. The first-order chi connectivity index (χ1) is 6.41. The largest absolute Gasteiger partial charge is 0.390 e.